The highest BCUT2D eigenvalue weighted by Gasteiger charge is 2.34. The van der Waals surface area contributed by atoms with E-state index in [-0.39, 0.29) is 12.1 Å². The van der Waals surface area contributed by atoms with Gasteiger partial charge in [-0.05, 0) is 55.3 Å². The van der Waals surface area contributed by atoms with Crippen molar-refractivity contribution in [3.63, 3.8) is 0 Å². The summed E-state index contributed by atoms with van der Waals surface area (Å²) in [7, 11) is 0. The number of fused-ring (bicyclic) bond motifs is 1. The second kappa shape index (κ2) is 7.35. The Bertz CT molecular complexity index is 960. The number of nitrogens with one attached hydrogen (secondary N) is 3. The Morgan fingerprint density at radius 3 is 2.43 bits per heavy atom. The van der Waals surface area contributed by atoms with E-state index in [1.807, 2.05) is 26.0 Å². The SMILES string of the molecule is Cc1cc2c(cc1C)N[C@H](CC(=O)Nc1ccc(Cl)c(C(F)(F)F)c1)C(=O)N2. The minimum absolute atomic E-state index is 0.0511. The summed E-state index contributed by atoms with van der Waals surface area (Å²) < 4.78 is 38.8. The molecular weight excluding hydrogens is 395 g/mol. The number of amides is 2. The molecule has 0 bridgehead atoms. The number of halogens is 4. The van der Waals surface area contributed by atoms with E-state index in [0.717, 1.165) is 23.3 Å². The van der Waals surface area contributed by atoms with Crippen LogP contribution in [0.1, 0.15) is 23.1 Å². The molecule has 148 valence electrons. The van der Waals surface area contributed by atoms with Crippen LogP contribution in [0.5, 0.6) is 0 Å². The molecule has 5 nitrogen and oxygen atoms in total. The zero-order valence-electron chi connectivity index (χ0n) is 15.0. The number of hydrogen-bond acceptors (Lipinski definition) is 3. The lowest BCUT2D eigenvalue weighted by molar-refractivity contribution is -0.137. The van der Waals surface area contributed by atoms with E-state index >= 15 is 0 Å². The maximum Gasteiger partial charge on any atom is 0.417 e. The molecule has 0 unspecified atom stereocenters. The highest BCUT2D eigenvalue weighted by molar-refractivity contribution is 6.31. The fourth-order valence-electron chi connectivity index (χ4n) is 2.87. The smallest absolute Gasteiger partial charge is 0.372 e. The summed E-state index contributed by atoms with van der Waals surface area (Å²) in [5, 5.41) is 7.66. The van der Waals surface area contributed by atoms with Gasteiger partial charge in [-0.3, -0.25) is 9.59 Å². The van der Waals surface area contributed by atoms with Gasteiger partial charge in [0.1, 0.15) is 6.04 Å². The van der Waals surface area contributed by atoms with Crippen LogP contribution in [0.25, 0.3) is 0 Å². The molecular formula is C19H17ClF3N3O2. The van der Waals surface area contributed by atoms with Crippen LogP contribution in [0.2, 0.25) is 5.02 Å². The van der Waals surface area contributed by atoms with Crippen LogP contribution in [0.4, 0.5) is 30.2 Å². The molecule has 28 heavy (non-hydrogen) atoms. The van der Waals surface area contributed by atoms with Crippen molar-refractivity contribution in [2.24, 2.45) is 0 Å². The van der Waals surface area contributed by atoms with E-state index in [0.29, 0.717) is 11.4 Å². The number of hydrogen-bond donors (Lipinski definition) is 3. The number of rotatable bonds is 3. The second-order valence-electron chi connectivity index (χ2n) is 6.61. The van der Waals surface area contributed by atoms with Crippen LogP contribution in [0.3, 0.4) is 0 Å². The molecule has 1 heterocycles. The first-order chi connectivity index (χ1) is 13.0. The Morgan fingerprint density at radius 1 is 1.14 bits per heavy atom. The molecule has 2 aromatic carbocycles. The first-order valence-electron chi connectivity index (χ1n) is 8.40. The molecule has 0 aromatic heterocycles. The third-order valence-electron chi connectivity index (χ3n) is 4.48. The predicted octanol–water partition coefficient (Wildman–Crippen LogP) is 4.74. The van der Waals surface area contributed by atoms with E-state index in [4.69, 9.17) is 11.6 Å². The van der Waals surface area contributed by atoms with Gasteiger partial charge < -0.3 is 16.0 Å². The van der Waals surface area contributed by atoms with Crippen LogP contribution < -0.4 is 16.0 Å². The average molecular weight is 412 g/mol. The van der Waals surface area contributed by atoms with Crippen molar-refractivity contribution in [3.05, 3.63) is 52.0 Å². The summed E-state index contributed by atoms with van der Waals surface area (Å²) >= 11 is 5.57. The second-order valence-corrected chi connectivity index (χ2v) is 7.02. The summed E-state index contributed by atoms with van der Waals surface area (Å²) in [4.78, 5) is 24.5. The lowest BCUT2D eigenvalue weighted by Gasteiger charge is -2.27. The van der Waals surface area contributed by atoms with Crippen LogP contribution in [0, 0.1) is 13.8 Å². The van der Waals surface area contributed by atoms with E-state index in [1.165, 1.54) is 6.07 Å². The van der Waals surface area contributed by atoms with Crippen molar-refractivity contribution >= 4 is 40.5 Å². The van der Waals surface area contributed by atoms with Crippen molar-refractivity contribution in [3.8, 4) is 0 Å². The number of alkyl halides is 3. The monoisotopic (exact) mass is 411 g/mol. The number of aryl methyl sites for hydroxylation is 2. The standard InChI is InChI=1S/C19H17ClF3N3O2/c1-9-5-14-15(6-10(9)2)26-18(28)16(25-14)8-17(27)24-11-3-4-13(20)12(7-11)19(21,22)23/h3-7,16,25H,8H2,1-2H3,(H,24,27)(H,26,28)/t16-/m1/s1. The lowest BCUT2D eigenvalue weighted by atomic mass is 10.0. The van der Waals surface area contributed by atoms with Gasteiger partial charge in [-0.25, -0.2) is 0 Å². The van der Waals surface area contributed by atoms with Gasteiger partial charge in [-0.2, -0.15) is 13.2 Å². The quantitative estimate of drug-likeness (QED) is 0.683. The maximum atomic E-state index is 12.9. The molecule has 1 atom stereocenters. The average Bonchev–Trinajstić information content (AvgIpc) is 2.58. The van der Waals surface area contributed by atoms with Gasteiger partial charge in [0.2, 0.25) is 11.8 Å². The minimum atomic E-state index is -4.64. The Labute approximate surface area is 164 Å². The van der Waals surface area contributed by atoms with E-state index in [1.54, 1.807) is 0 Å². The number of anilines is 3. The molecule has 0 saturated carbocycles. The molecule has 9 heteroatoms. The molecule has 2 aromatic rings. The fraction of sp³-hybridized carbons (Fsp3) is 0.263. The minimum Gasteiger partial charge on any atom is -0.372 e. The summed E-state index contributed by atoms with van der Waals surface area (Å²) in [6, 6.07) is 5.94. The predicted molar refractivity (Wildman–Crippen MR) is 102 cm³/mol. The number of carbonyl (C=O) groups is 2. The van der Waals surface area contributed by atoms with E-state index in [2.05, 4.69) is 16.0 Å². The molecule has 3 N–H and O–H groups in total. The molecule has 1 aliphatic heterocycles. The highest BCUT2D eigenvalue weighted by Crippen LogP contribution is 2.36. The number of benzene rings is 2. The summed E-state index contributed by atoms with van der Waals surface area (Å²) in [6.45, 7) is 3.84. The highest BCUT2D eigenvalue weighted by atomic mass is 35.5. The van der Waals surface area contributed by atoms with Crippen molar-refractivity contribution in [1.29, 1.82) is 0 Å². The molecule has 0 aliphatic carbocycles. The van der Waals surface area contributed by atoms with Gasteiger partial charge in [-0.15, -0.1) is 0 Å². The van der Waals surface area contributed by atoms with Crippen LogP contribution in [0.15, 0.2) is 30.3 Å². The molecule has 0 spiro atoms. The maximum absolute atomic E-state index is 12.9. The zero-order valence-corrected chi connectivity index (χ0v) is 15.8. The molecule has 0 radical (unpaired) electrons. The van der Waals surface area contributed by atoms with Gasteiger partial charge in [0.25, 0.3) is 0 Å². The van der Waals surface area contributed by atoms with Crippen LogP contribution in [-0.2, 0) is 15.8 Å². The van der Waals surface area contributed by atoms with Gasteiger partial charge in [0.05, 0.1) is 28.4 Å². The van der Waals surface area contributed by atoms with Gasteiger partial charge in [-0.1, -0.05) is 11.6 Å². The van der Waals surface area contributed by atoms with E-state index in [9.17, 15) is 22.8 Å². The van der Waals surface area contributed by atoms with Gasteiger partial charge in [0, 0.05) is 5.69 Å². The van der Waals surface area contributed by atoms with Crippen molar-refractivity contribution in [1.82, 2.24) is 0 Å². The summed E-state index contributed by atoms with van der Waals surface area (Å²) in [5.41, 5.74) is 2.25. The normalized spacial score (nSPS) is 16.1. The Balaban J connectivity index is 1.72. The number of carbonyl (C=O) groups excluding carboxylic acids is 2. The molecule has 3 rings (SSSR count). The topological polar surface area (TPSA) is 70.2 Å². The first kappa shape index (κ1) is 20.0. The van der Waals surface area contributed by atoms with Crippen molar-refractivity contribution < 1.29 is 22.8 Å². The Hall–Kier alpha value is -2.74. The Morgan fingerprint density at radius 2 is 1.79 bits per heavy atom. The van der Waals surface area contributed by atoms with Crippen LogP contribution >= 0.6 is 11.6 Å². The third-order valence-corrected chi connectivity index (χ3v) is 4.81. The first-order valence-corrected chi connectivity index (χ1v) is 8.77. The van der Waals surface area contributed by atoms with Crippen molar-refractivity contribution in [2.75, 3.05) is 16.0 Å². The fourth-order valence-corrected chi connectivity index (χ4v) is 3.10. The summed E-state index contributed by atoms with van der Waals surface area (Å²) in [5.74, 6) is -0.992. The third kappa shape index (κ3) is 4.22. The molecule has 0 saturated heterocycles. The van der Waals surface area contributed by atoms with Gasteiger partial charge in [0.15, 0.2) is 0 Å². The van der Waals surface area contributed by atoms with Gasteiger partial charge >= 0.3 is 6.18 Å². The molecule has 2 amide bonds. The molecule has 0 fully saturated rings. The zero-order chi connectivity index (χ0) is 20.6. The molecule has 1 aliphatic rings. The summed E-state index contributed by atoms with van der Waals surface area (Å²) in [6.07, 6.45) is -4.88. The lowest BCUT2D eigenvalue weighted by Crippen LogP contribution is -2.41. The van der Waals surface area contributed by atoms with Crippen LogP contribution in [-0.4, -0.2) is 17.9 Å². The largest absolute Gasteiger partial charge is 0.417 e. The van der Waals surface area contributed by atoms with E-state index < -0.39 is 34.6 Å². The Kier molecular flexibility index (Phi) is 5.25. The van der Waals surface area contributed by atoms with Crippen molar-refractivity contribution in [2.45, 2.75) is 32.5 Å².